The molecule has 0 aliphatic heterocycles. The summed E-state index contributed by atoms with van der Waals surface area (Å²) in [4.78, 5) is 14.9. The van der Waals surface area contributed by atoms with Crippen LogP contribution >= 0.6 is 0 Å². The van der Waals surface area contributed by atoms with Crippen LogP contribution in [-0.4, -0.2) is 44.7 Å². The summed E-state index contributed by atoms with van der Waals surface area (Å²) >= 11 is 0. The summed E-state index contributed by atoms with van der Waals surface area (Å²) in [6.07, 6.45) is 0.0121. The summed E-state index contributed by atoms with van der Waals surface area (Å²) in [5, 5.41) is 0. The molecule has 0 saturated carbocycles. The summed E-state index contributed by atoms with van der Waals surface area (Å²) < 4.78 is 33.1. The van der Waals surface area contributed by atoms with E-state index in [1.807, 2.05) is 30.3 Å². The number of ether oxygens (including phenoxy) is 1. The Bertz CT molecular complexity index is 1120. The first-order valence-electron chi connectivity index (χ1n) is 10.3. The van der Waals surface area contributed by atoms with Crippen molar-refractivity contribution < 1.29 is 17.9 Å². The monoisotopic (exact) mass is 452 g/mol. The molecule has 3 aromatic rings. The van der Waals surface area contributed by atoms with Gasteiger partial charge in [-0.15, -0.1) is 0 Å². The molecule has 1 atom stereocenters. The zero-order valence-electron chi connectivity index (χ0n) is 18.5. The van der Waals surface area contributed by atoms with E-state index in [1.54, 1.807) is 73.7 Å². The molecule has 7 heteroatoms. The van der Waals surface area contributed by atoms with E-state index in [2.05, 4.69) is 0 Å². The Morgan fingerprint density at radius 3 is 2.00 bits per heavy atom. The molecular weight excluding hydrogens is 424 g/mol. The largest absolute Gasteiger partial charge is 0.497 e. The number of amides is 1. The van der Waals surface area contributed by atoms with Crippen LogP contribution < -0.4 is 4.74 Å². The van der Waals surface area contributed by atoms with E-state index < -0.39 is 16.1 Å². The topological polar surface area (TPSA) is 66.9 Å². The molecule has 0 unspecified atom stereocenters. The first-order chi connectivity index (χ1) is 15.3. The van der Waals surface area contributed by atoms with Crippen molar-refractivity contribution in [3.05, 3.63) is 96.1 Å². The van der Waals surface area contributed by atoms with Gasteiger partial charge in [-0.05, 0) is 35.4 Å². The van der Waals surface area contributed by atoms with Crippen LogP contribution in [0.5, 0.6) is 5.75 Å². The second-order valence-corrected chi connectivity index (χ2v) is 9.56. The Hall–Kier alpha value is -3.16. The van der Waals surface area contributed by atoms with Gasteiger partial charge in [-0.25, -0.2) is 8.42 Å². The molecule has 3 aromatic carbocycles. The molecule has 0 aromatic heterocycles. The Morgan fingerprint density at radius 2 is 1.44 bits per heavy atom. The third-order valence-electron chi connectivity index (χ3n) is 5.42. The quantitative estimate of drug-likeness (QED) is 0.490. The summed E-state index contributed by atoms with van der Waals surface area (Å²) in [6.45, 7) is 0.449. The first kappa shape index (κ1) is 23.5. The number of methoxy groups -OCH3 is 1. The first-order valence-corrected chi connectivity index (χ1v) is 11.7. The average Bonchev–Trinajstić information content (AvgIpc) is 2.83. The predicted octanol–water partition coefficient (Wildman–Crippen LogP) is 4.11. The van der Waals surface area contributed by atoms with E-state index in [1.165, 1.54) is 11.4 Å². The normalized spacial score (nSPS) is 12.4. The van der Waals surface area contributed by atoms with Crippen LogP contribution in [0, 0.1) is 0 Å². The van der Waals surface area contributed by atoms with E-state index >= 15 is 0 Å². The van der Waals surface area contributed by atoms with E-state index in [9.17, 15) is 13.2 Å². The van der Waals surface area contributed by atoms with Crippen molar-refractivity contribution in [2.45, 2.75) is 23.9 Å². The molecule has 0 aliphatic carbocycles. The number of nitrogens with zero attached hydrogens (tertiary/aromatic N) is 2. The van der Waals surface area contributed by atoms with Crippen LogP contribution in [-0.2, 0) is 21.4 Å². The highest BCUT2D eigenvalue weighted by Crippen LogP contribution is 2.30. The number of benzene rings is 3. The van der Waals surface area contributed by atoms with Crippen molar-refractivity contribution in [2.75, 3.05) is 21.2 Å². The van der Waals surface area contributed by atoms with Gasteiger partial charge in [-0.1, -0.05) is 60.7 Å². The summed E-state index contributed by atoms with van der Waals surface area (Å²) in [5.74, 6) is 0.512. The Balaban J connectivity index is 1.89. The van der Waals surface area contributed by atoms with Gasteiger partial charge in [-0.2, -0.15) is 4.31 Å². The smallest absolute Gasteiger partial charge is 0.243 e. The maximum absolute atomic E-state index is 13.3. The van der Waals surface area contributed by atoms with Gasteiger partial charge in [0, 0.05) is 27.1 Å². The third-order valence-corrected chi connectivity index (χ3v) is 7.30. The standard InChI is InChI=1S/C25H28N2O4S/c1-26(19-20-10-6-4-7-11-20)25(28)18-24(21-14-16-22(31-3)17-15-21)27(2)32(29,30)23-12-8-5-9-13-23/h4-17,24H,18-19H2,1-3H3/t24-/m0/s1. The fraction of sp³-hybridized carbons (Fsp3) is 0.240. The van der Waals surface area contributed by atoms with Crippen molar-refractivity contribution in [1.29, 1.82) is 0 Å². The maximum atomic E-state index is 13.3. The lowest BCUT2D eigenvalue weighted by Crippen LogP contribution is -2.36. The SMILES string of the molecule is COc1ccc([C@H](CC(=O)N(C)Cc2ccccc2)N(C)S(=O)(=O)c2ccccc2)cc1. The highest BCUT2D eigenvalue weighted by molar-refractivity contribution is 7.89. The molecule has 1 amide bonds. The fourth-order valence-electron chi connectivity index (χ4n) is 3.48. The van der Waals surface area contributed by atoms with Crippen LogP contribution in [0.2, 0.25) is 0 Å². The number of hydrogen-bond acceptors (Lipinski definition) is 4. The van der Waals surface area contributed by atoms with Crippen molar-refractivity contribution >= 4 is 15.9 Å². The van der Waals surface area contributed by atoms with Gasteiger partial charge in [0.15, 0.2) is 0 Å². The lowest BCUT2D eigenvalue weighted by molar-refractivity contribution is -0.131. The molecular formula is C25H28N2O4S. The molecule has 0 saturated heterocycles. The van der Waals surface area contributed by atoms with E-state index in [4.69, 9.17) is 4.74 Å². The molecule has 0 aliphatic rings. The van der Waals surface area contributed by atoms with Crippen molar-refractivity contribution in [1.82, 2.24) is 9.21 Å². The van der Waals surface area contributed by atoms with Crippen LogP contribution in [0.15, 0.2) is 89.8 Å². The predicted molar refractivity (Wildman–Crippen MR) is 125 cm³/mol. The molecule has 0 heterocycles. The summed E-state index contributed by atoms with van der Waals surface area (Å²) in [5.41, 5.74) is 1.73. The van der Waals surface area contributed by atoms with Crippen LogP contribution in [0.3, 0.4) is 0 Å². The molecule has 0 fully saturated rings. The molecule has 6 nitrogen and oxygen atoms in total. The fourth-order valence-corrected chi connectivity index (χ4v) is 4.84. The average molecular weight is 453 g/mol. The van der Waals surface area contributed by atoms with Gasteiger partial charge in [0.2, 0.25) is 15.9 Å². The van der Waals surface area contributed by atoms with E-state index in [0.29, 0.717) is 17.9 Å². The number of carbonyl (C=O) groups excluding carboxylic acids is 1. The van der Waals surface area contributed by atoms with Gasteiger partial charge in [0.05, 0.1) is 18.0 Å². The van der Waals surface area contributed by atoms with Crippen molar-refractivity contribution in [3.8, 4) is 5.75 Å². The zero-order valence-corrected chi connectivity index (χ0v) is 19.3. The van der Waals surface area contributed by atoms with Gasteiger partial charge >= 0.3 is 0 Å². The molecule has 0 N–H and O–H groups in total. The highest BCUT2D eigenvalue weighted by Gasteiger charge is 2.31. The van der Waals surface area contributed by atoms with Crippen LogP contribution in [0.25, 0.3) is 0 Å². The van der Waals surface area contributed by atoms with Gasteiger partial charge in [0.1, 0.15) is 5.75 Å². The lowest BCUT2D eigenvalue weighted by Gasteiger charge is -2.29. The highest BCUT2D eigenvalue weighted by atomic mass is 32.2. The minimum atomic E-state index is -3.80. The van der Waals surface area contributed by atoms with Crippen molar-refractivity contribution in [3.63, 3.8) is 0 Å². The molecule has 168 valence electrons. The molecule has 0 radical (unpaired) electrons. The number of hydrogen-bond donors (Lipinski definition) is 0. The van der Waals surface area contributed by atoms with E-state index in [0.717, 1.165) is 5.56 Å². The van der Waals surface area contributed by atoms with Gasteiger partial charge in [0.25, 0.3) is 0 Å². The molecule has 0 spiro atoms. The molecule has 3 rings (SSSR count). The van der Waals surface area contributed by atoms with Crippen LogP contribution in [0.1, 0.15) is 23.6 Å². The number of rotatable bonds is 9. The van der Waals surface area contributed by atoms with E-state index in [-0.39, 0.29) is 17.2 Å². The number of sulfonamides is 1. The van der Waals surface area contributed by atoms with Crippen LogP contribution in [0.4, 0.5) is 0 Å². The Labute approximate surface area is 190 Å². The maximum Gasteiger partial charge on any atom is 0.243 e. The van der Waals surface area contributed by atoms with Gasteiger partial charge < -0.3 is 9.64 Å². The third kappa shape index (κ3) is 5.55. The minimum Gasteiger partial charge on any atom is -0.497 e. The summed E-state index contributed by atoms with van der Waals surface area (Å²) in [7, 11) is 1.01. The molecule has 32 heavy (non-hydrogen) atoms. The zero-order chi connectivity index (χ0) is 23.1. The second kappa shape index (κ2) is 10.4. The Kier molecular flexibility index (Phi) is 7.66. The Morgan fingerprint density at radius 1 is 0.875 bits per heavy atom. The minimum absolute atomic E-state index is 0.0121. The lowest BCUT2D eigenvalue weighted by atomic mass is 10.0. The molecule has 0 bridgehead atoms. The summed E-state index contributed by atoms with van der Waals surface area (Å²) in [6, 6.07) is 24.4. The second-order valence-electron chi connectivity index (χ2n) is 7.56. The van der Waals surface area contributed by atoms with Gasteiger partial charge in [-0.3, -0.25) is 4.79 Å². The number of carbonyl (C=O) groups is 1. The van der Waals surface area contributed by atoms with Crippen molar-refractivity contribution in [2.24, 2.45) is 0 Å².